The maximum absolute atomic E-state index is 9.16. The fourth-order valence-corrected chi connectivity index (χ4v) is 3.46. The van der Waals surface area contributed by atoms with E-state index in [2.05, 4.69) is 67.3 Å². The number of nitrogens with zero attached hydrogens (tertiary/aromatic N) is 3. The lowest BCUT2D eigenvalue weighted by Gasteiger charge is -2.35. The molecule has 1 fully saturated rings. The summed E-state index contributed by atoms with van der Waals surface area (Å²) < 4.78 is 0. The normalized spacial score (nSPS) is 19.6. The molecule has 0 spiro atoms. The molecule has 0 amide bonds. The number of hydrogen-bond donors (Lipinski definition) is 0. The molecule has 2 rings (SSSR count). The van der Waals surface area contributed by atoms with Crippen LogP contribution in [0, 0.1) is 34.0 Å². The minimum Gasteiger partial charge on any atom is -0.378 e. The third kappa shape index (κ3) is 4.49. The highest BCUT2D eigenvalue weighted by atomic mass is 15.1. The lowest BCUT2D eigenvalue weighted by atomic mass is 9.69. The van der Waals surface area contributed by atoms with Gasteiger partial charge in [0.1, 0.15) is 17.7 Å². The molecule has 3 nitrogen and oxygen atoms in total. The maximum atomic E-state index is 9.16. The van der Waals surface area contributed by atoms with Gasteiger partial charge in [-0.1, -0.05) is 38.1 Å². The van der Waals surface area contributed by atoms with Crippen LogP contribution < -0.4 is 4.90 Å². The molecule has 0 heterocycles. The number of benzene rings is 1. The third-order valence-corrected chi connectivity index (χ3v) is 4.56. The highest BCUT2D eigenvalue weighted by molar-refractivity contribution is 5.55. The van der Waals surface area contributed by atoms with E-state index in [-0.39, 0.29) is 5.41 Å². The first kappa shape index (κ1) is 17.8. The minimum absolute atomic E-state index is 0.121. The molecule has 0 aromatic heterocycles. The number of nitriles is 2. The van der Waals surface area contributed by atoms with Crippen LogP contribution in [-0.4, -0.2) is 14.1 Å². The van der Waals surface area contributed by atoms with Gasteiger partial charge in [-0.05, 0) is 53.9 Å². The minimum atomic E-state index is 0.121. The average molecular weight is 319 g/mol. The molecule has 0 N–H and O–H groups in total. The van der Waals surface area contributed by atoms with Crippen molar-refractivity contribution in [2.75, 3.05) is 19.0 Å². The van der Waals surface area contributed by atoms with E-state index in [1.165, 1.54) is 11.3 Å². The average Bonchev–Trinajstić information content (AvgIpc) is 2.53. The van der Waals surface area contributed by atoms with Crippen molar-refractivity contribution in [3.05, 3.63) is 47.1 Å². The number of allylic oxidation sites excluding steroid dienone is 3. The summed E-state index contributed by atoms with van der Waals surface area (Å²) in [6, 6.07) is 12.6. The number of hydrogen-bond acceptors (Lipinski definition) is 3. The standard InChI is InChI=1S/C21H25N3/c1-21(2)12-17(11-18(13-21)19(14-22)15-23)6-5-16-7-9-20(10-8-16)24(3)4/h5-10,17H,11-13H2,1-4H3. The zero-order valence-corrected chi connectivity index (χ0v) is 15.0. The summed E-state index contributed by atoms with van der Waals surface area (Å²) in [5, 5.41) is 18.3. The monoisotopic (exact) mass is 319 g/mol. The Bertz CT molecular complexity index is 706. The van der Waals surface area contributed by atoms with Gasteiger partial charge in [0.05, 0.1) is 0 Å². The molecular weight excluding hydrogens is 294 g/mol. The summed E-state index contributed by atoms with van der Waals surface area (Å²) in [4.78, 5) is 2.08. The predicted octanol–water partition coefficient (Wildman–Crippen LogP) is 4.94. The van der Waals surface area contributed by atoms with E-state index in [0.29, 0.717) is 11.5 Å². The molecule has 1 atom stereocenters. The second kappa shape index (κ2) is 7.37. The summed E-state index contributed by atoms with van der Waals surface area (Å²) in [7, 11) is 4.07. The summed E-state index contributed by atoms with van der Waals surface area (Å²) in [5.74, 6) is 0.369. The molecular formula is C21H25N3. The Kier molecular flexibility index (Phi) is 5.47. The molecule has 1 aliphatic carbocycles. The molecule has 1 aliphatic rings. The fraction of sp³-hybridized carbons (Fsp3) is 0.429. The van der Waals surface area contributed by atoms with Crippen LogP contribution in [0.1, 0.15) is 38.7 Å². The fourth-order valence-electron chi connectivity index (χ4n) is 3.46. The molecule has 0 bridgehead atoms. The zero-order valence-electron chi connectivity index (χ0n) is 15.0. The molecule has 124 valence electrons. The molecule has 1 aromatic carbocycles. The summed E-state index contributed by atoms with van der Waals surface area (Å²) in [5.41, 5.74) is 3.79. The Balaban J connectivity index is 2.18. The SMILES string of the molecule is CN(C)c1ccc(C=CC2CC(=C(C#N)C#N)CC(C)(C)C2)cc1. The van der Waals surface area contributed by atoms with Gasteiger partial charge in [0.2, 0.25) is 0 Å². The molecule has 0 saturated heterocycles. The van der Waals surface area contributed by atoms with E-state index in [1.54, 1.807) is 0 Å². The largest absolute Gasteiger partial charge is 0.378 e. The smallest absolute Gasteiger partial charge is 0.128 e. The van der Waals surface area contributed by atoms with Gasteiger partial charge in [-0.3, -0.25) is 0 Å². The highest BCUT2D eigenvalue weighted by Crippen LogP contribution is 2.43. The van der Waals surface area contributed by atoms with E-state index in [4.69, 9.17) is 10.5 Å². The first-order valence-corrected chi connectivity index (χ1v) is 8.32. The Hall–Kier alpha value is -2.52. The van der Waals surface area contributed by atoms with Crippen molar-refractivity contribution in [2.45, 2.75) is 33.1 Å². The van der Waals surface area contributed by atoms with Crippen molar-refractivity contribution in [3.63, 3.8) is 0 Å². The molecule has 0 radical (unpaired) electrons. The molecule has 1 unspecified atom stereocenters. The third-order valence-electron chi connectivity index (χ3n) is 4.56. The highest BCUT2D eigenvalue weighted by Gasteiger charge is 2.31. The van der Waals surface area contributed by atoms with Crippen LogP contribution in [0.3, 0.4) is 0 Å². The predicted molar refractivity (Wildman–Crippen MR) is 99.2 cm³/mol. The Labute approximate surface area is 145 Å². The Morgan fingerprint density at radius 3 is 2.33 bits per heavy atom. The second-order valence-corrected chi connectivity index (χ2v) is 7.56. The van der Waals surface area contributed by atoms with Crippen molar-refractivity contribution < 1.29 is 0 Å². The van der Waals surface area contributed by atoms with E-state index in [1.807, 2.05) is 14.1 Å². The van der Waals surface area contributed by atoms with Gasteiger partial charge >= 0.3 is 0 Å². The zero-order chi connectivity index (χ0) is 17.7. The van der Waals surface area contributed by atoms with Crippen molar-refractivity contribution in [1.82, 2.24) is 0 Å². The lowest BCUT2D eigenvalue weighted by molar-refractivity contribution is 0.250. The van der Waals surface area contributed by atoms with Crippen LogP contribution in [0.5, 0.6) is 0 Å². The van der Waals surface area contributed by atoms with Crippen LogP contribution in [0.2, 0.25) is 0 Å². The van der Waals surface area contributed by atoms with Gasteiger partial charge in [0.25, 0.3) is 0 Å². The first-order chi connectivity index (χ1) is 11.3. The van der Waals surface area contributed by atoms with E-state index in [0.717, 1.165) is 24.8 Å². The van der Waals surface area contributed by atoms with Crippen LogP contribution in [-0.2, 0) is 0 Å². The molecule has 1 saturated carbocycles. The van der Waals surface area contributed by atoms with Gasteiger partial charge in [0.15, 0.2) is 0 Å². The molecule has 3 heteroatoms. The van der Waals surface area contributed by atoms with Gasteiger partial charge in [-0.15, -0.1) is 0 Å². The van der Waals surface area contributed by atoms with Crippen molar-refractivity contribution in [1.29, 1.82) is 10.5 Å². The summed E-state index contributed by atoms with van der Waals surface area (Å²) >= 11 is 0. The van der Waals surface area contributed by atoms with Crippen LogP contribution in [0.25, 0.3) is 6.08 Å². The number of rotatable bonds is 3. The topological polar surface area (TPSA) is 50.8 Å². The number of anilines is 1. The van der Waals surface area contributed by atoms with Gasteiger partial charge in [-0.25, -0.2) is 0 Å². The van der Waals surface area contributed by atoms with E-state index < -0.39 is 0 Å². The van der Waals surface area contributed by atoms with Crippen molar-refractivity contribution in [2.24, 2.45) is 11.3 Å². The maximum Gasteiger partial charge on any atom is 0.128 e. The van der Waals surface area contributed by atoms with Gasteiger partial charge < -0.3 is 4.90 Å². The van der Waals surface area contributed by atoms with Crippen LogP contribution in [0.4, 0.5) is 5.69 Å². The quantitative estimate of drug-likeness (QED) is 0.742. The summed E-state index contributed by atoms with van der Waals surface area (Å²) in [6.45, 7) is 4.43. The van der Waals surface area contributed by atoms with E-state index in [9.17, 15) is 0 Å². The van der Waals surface area contributed by atoms with Crippen molar-refractivity contribution >= 4 is 11.8 Å². The van der Waals surface area contributed by atoms with E-state index >= 15 is 0 Å². The second-order valence-electron chi connectivity index (χ2n) is 7.56. The Morgan fingerprint density at radius 1 is 1.17 bits per heavy atom. The van der Waals surface area contributed by atoms with Gasteiger partial charge in [0, 0.05) is 19.8 Å². The summed E-state index contributed by atoms with van der Waals surface area (Å²) in [6.07, 6.45) is 7.11. The van der Waals surface area contributed by atoms with Crippen LogP contribution in [0.15, 0.2) is 41.5 Å². The molecule has 0 aliphatic heterocycles. The van der Waals surface area contributed by atoms with Gasteiger partial charge in [-0.2, -0.15) is 10.5 Å². The van der Waals surface area contributed by atoms with Crippen LogP contribution >= 0.6 is 0 Å². The lowest BCUT2D eigenvalue weighted by Crippen LogP contribution is -2.24. The Morgan fingerprint density at radius 2 is 1.79 bits per heavy atom. The molecule has 24 heavy (non-hydrogen) atoms. The van der Waals surface area contributed by atoms with Crippen molar-refractivity contribution in [3.8, 4) is 12.1 Å². The first-order valence-electron chi connectivity index (χ1n) is 8.32. The molecule has 1 aromatic rings.